The minimum atomic E-state index is -0.457. The molecule has 3 aromatic rings. The fourth-order valence-corrected chi connectivity index (χ4v) is 3.15. The van der Waals surface area contributed by atoms with Crippen LogP contribution in [0, 0.1) is 11.3 Å². The lowest BCUT2D eigenvalue weighted by Crippen LogP contribution is -2.13. The van der Waals surface area contributed by atoms with E-state index in [1.807, 2.05) is 54.6 Å². The molecule has 1 amide bonds. The van der Waals surface area contributed by atoms with E-state index in [0.29, 0.717) is 18.0 Å². The summed E-state index contributed by atoms with van der Waals surface area (Å²) in [5.41, 5.74) is 2.44. The number of nitrogens with one attached hydrogen (secondary N) is 1. The summed E-state index contributed by atoms with van der Waals surface area (Å²) >= 11 is 6.76. The predicted octanol–water partition coefficient (Wildman–Crippen LogP) is 6.34. The van der Waals surface area contributed by atoms with E-state index >= 15 is 0 Å². The average Bonchev–Trinajstić information content (AvgIpc) is 2.72. The van der Waals surface area contributed by atoms with Gasteiger partial charge in [0.2, 0.25) is 0 Å². The highest BCUT2D eigenvalue weighted by molar-refractivity contribution is 9.10. The number of halogens is 2. The summed E-state index contributed by atoms with van der Waals surface area (Å²) in [6.45, 7) is 0.459. The van der Waals surface area contributed by atoms with Crippen LogP contribution >= 0.6 is 31.9 Å². The van der Waals surface area contributed by atoms with Crippen molar-refractivity contribution in [1.82, 2.24) is 0 Å². The van der Waals surface area contributed by atoms with Crippen molar-refractivity contribution in [3.05, 3.63) is 98.4 Å². The highest BCUT2D eigenvalue weighted by atomic mass is 79.9. The van der Waals surface area contributed by atoms with E-state index in [1.54, 1.807) is 30.3 Å². The summed E-state index contributed by atoms with van der Waals surface area (Å²) in [4.78, 5) is 12.4. The van der Waals surface area contributed by atoms with E-state index in [-0.39, 0.29) is 5.57 Å². The highest BCUT2D eigenvalue weighted by Crippen LogP contribution is 2.19. The van der Waals surface area contributed by atoms with Crippen molar-refractivity contribution in [3.8, 4) is 11.8 Å². The summed E-state index contributed by atoms with van der Waals surface area (Å²) in [6.07, 6.45) is 1.55. The minimum Gasteiger partial charge on any atom is -0.489 e. The van der Waals surface area contributed by atoms with E-state index in [4.69, 9.17) is 4.74 Å². The van der Waals surface area contributed by atoms with Crippen LogP contribution in [-0.2, 0) is 11.4 Å². The van der Waals surface area contributed by atoms with Crippen molar-refractivity contribution in [2.24, 2.45) is 0 Å². The monoisotopic (exact) mass is 510 g/mol. The van der Waals surface area contributed by atoms with Crippen molar-refractivity contribution in [2.45, 2.75) is 6.61 Å². The highest BCUT2D eigenvalue weighted by Gasteiger charge is 2.10. The number of amides is 1. The first-order valence-electron chi connectivity index (χ1n) is 8.69. The average molecular weight is 512 g/mol. The molecule has 1 N–H and O–H groups in total. The van der Waals surface area contributed by atoms with Gasteiger partial charge >= 0.3 is 0 Å². The van der Waals surface area contributed by atoms with Gasteiger partial charge in [0.05, 0.1) is 0 Å². The van der Waals surface area contributed by atoms with Gasteiger partial charge in [0.1, 0.15) is 24.0 Å². The normalized spacial score (nSPS) is 10.9. The molecule has 0 fully saturated rings. The fraction of sp³-hybridized carbons (Fsp3) is 0.0435. The van der Waals surface area contributed by atoms with Gasteiger partial charge in [-0.3, -0.25) is 4.79 Å². The van der Waals surface area contributed by atoms with Crippen LogP contribution < -0.4 is 10.1 Å². The van der Waals surface area contributed by atoms with Crippen molar-refractivity contribution < 1.29 is 9.53 Å². The smallest absolute Gasteiger partial charge is 0.266 e. The van der Waals surface area contributed by atoms with Crippen LogP contribution in [-0.4, -0.2) is 5.91 Å². The number of carbonyl (C=O) groups is 1. The van der Waals surface area contributed by atoms with Crippen molar-refractivity contribution in [3.63, 3.8) is 0 Å². The summed E-state index contributed by atoms with van der Waals surface area (Å²) in [6, 6.07) is 24.3. The van der Waals surface area contributed by atoms with E-state index in [0.717, 1.165) is 20.1 Å². The largest absolute Gasteiger partial charge is 0.489 e. The third-order valence-corrected chi connectivity index (χ3v) is 4.98. The molecular formula is C23H16Br2N2O2. The first kappa shape index (κ1) is 20.8. The van der Waals surface area contributed by atoms with Gasteiger partial charge in [0.25, 0.3) is 5.91 Å². The zero-order valence-corrected chi connectivity index (χ0v) is 18.4. The molecule has 3 rings (SSSR count). The van der Waals surface area contributed by atoms with E-state index in [9.17, 15) is 10.1 Å². The Morgan fingerprint density at radius 3 is 2.38 bits per heavy atom. The maximum Gasteiger partial charge on any atom is 0.266 e. The molecule has 0 aliphatic carbocycles. The molecule has 4 nitrogen and oxygen atoms in total. The van der Waals surface area contributed by atoms with E-state index in [1.165, 1.54) is 0 Å². The summed E-state index contributed by atoms with van der Waals surface area (Å²) < 4.78 is 7.64. The van der Waals surface area contributed by atoms with Gasteiger partial charge in [-0.1, -0.05) is 62.2 Å². The number of hydrogen-bond acceptors (Lipinski definition) is 3. The Morgan fingerprint density at radius 2 is 1.72 bits per heavy atom. The number of hydrogen-bond donors (Lipinski definition) is 1. The second-order valence-corrected chi connectivity index (χ2v) is 7.95. The van der Waals surface area contributed by atoms with Crippen LogP contribution in [0.2, 0.25) is 0 Å². The number of rotatable bonds is 6. The first-order valence-corrected chi connectivity index (χ1v) is 10.3. The van der Waals surface area contributed by atoms with E-state index in [2.05, 4.69) is 37.2 Å². The van der Waals surface area contributed by atoms with Crippen molar-refractivity contribution in [2.75, 3.05) is 5.32 Å². The Morgan fingerprint density at radius 1 is 1.00 bits per heavy atom. The Labute approximate surface area is 186 Å². The lowest BCUT2D eigenvalue weighted by Gasteiger charge is -2.07. The van der Waals surface area contributed by atoms with Crippen LogP contribution in [0.3, 0.4) is 0 Å². The molecule has 0 saturated carbocycles. The van der Waals surface area contributed by atoms with Gasteiger partial charge < -0.3 is 10.1 Å². The Hall–Kier alpha value is -2.88. The number of anilines is 1. The summed E-state index contributed by atoms with van der Waals surface area (Å²) in [7, 11) is 0. The van der Waals surface area contributed by atoms with Crippen LogP contribution in [0.15, 0.2) is 87.3 Å². The van der Waals surface area contributed by atoms with Gasteiger partial charge in [0.15, 0.2) is 0 Å². The lowest BCUT2D eigenvalue weighted by atomic mass is 10.1. The maximum absolute atomic E-state index is 12.4. The third-order valence-electron chi connectivity index (χ3n) is 3.96. The van der Waals surface area contributed by atoms with Crippen LogP contribution in [0.5, 0.6) is 5.75 Å². The number of benzene rings is 3. The SMILES string of the molecule is N#C/C(=C/c1ccc(OCc2ccc(Br)cc2)cc1)C(=O)Nc1cccc(Br)c1. The number of ether oxygens (including phenoxy) is 1. The quantitative estimate of drug-likeness (QED) is 0.310. The number of carbonyl (C=O) groups excluding carboxylic acids is 1. The standard InChI is InChI=1S/C23H16Br2N2O2/c24-19-8-4-17(5-9-19)15-29-22-10-6-16(7-11-22)12-18(14-26)23(28)27-21-3-1-2-20(25)13-21/h1-13H,15H2,(H,27,28)/b18-12-. The predicted molar refractivity (Wildman–Crippen MR) is 121 cm³/mol. The van der Waals surface area contributed by atoms with Crippen LogP contribution in [0.4, 0.5) is 5.69 Å². The van der Waals surface area contributed by atoms with Gasteiger partial charge in [-0.2, -0.15) is 5.26 Å². The zero-order chi connectivity index (χ0) is 20.6. The number of nitriles is 1. The van der Waals surface area contributed by atoms with Gasteiger partial charge in [-0.05, 0) is 59.7 Å². The third kappa shape index (κ3) is 6.31. The molecular weight excluding hydrogens is 496 g/mol. The molecule has 29 heavy (non-hydrogen) atoms. The van der Waals surface area contributed by atoms with Crippen molar-refractivity contribution in [1.29, 1.82) is 5.26 Å². The zero-order valence-electron chi connectivity index (χ0n) is 15.2. The molecule has 0 unspecified atom stereocenters. The fourth-order valence-electron chi connectivity index (χ4n) is 2.49. The molecule has 0 bridgehead atoms. The number of nitrogens with zero attached hydrogens (tertiary/aromatic N) is 1. The Kier molecular flexibility index (Phi) is 7.23. The molecule has 0 radical (unpaired) electrons. The second-order valence-electron chi connectivity index (χ2n) is 6.12. The van der Waals surface area contributed by atoms with Gasteiger partial charge in [-0.25, -0.2) is 0 Å². The Bertz CT molecular complexity index is 1070. The topological polar surface area (TPSA) is 62.1 Å². The molecule has 6 heteroatoms. The second kappa shape index (κ2) is 10.1. The molecule has 0 aliphatic rings. The van der Waals surface area contributed by atoms with Crippen molar-refractivity contribution >= 4 is 49.5 Å². The molecule has 3 aromatic carbocycles. The van der Waals surface area contributed by atoms with Crippen LogP contribution in [0.25, 0.3) is 6.08 Å². The van der Waals surface area contributed by atoms with Crippen LogP contribution in [0.1, 0.15) is 11.1 Å². The molecule has 144 valence electrons. The molecule has 0 spiro atoms. The maximum atomic E-state index is 12.4. The Balaban J connectivity index is 1.64. The molecule has 0 saturated heterocycles. The minimum absolute atomic E-state index is 0.0218. The lowest BCUT2D eigenvalue weighted by molar-refractivity contribution is -0.112. The molecule has 0 aromatic heterocycles. The van der Waals surface area contributed by atoms with Gasteiger partial charge in [0, 0.05) is 14.6 Å². The molecule has 0 aliphatic heterocycles. The molecule has 0 atom stereocenters. The summed E-state index contributed by atoms with van der Waals surface area (Å²) in [5.74, 6) is 0.253. The summed E-state index contributed by atoms with van der Waals surface area (Å²) in [5, 5.41) is 12.1. The van der Waals surface area contributed by atoms with Gasteiger partial charge in [-0.15, -0.1) is 0 Å². The molecule has 0 heterocycles. The van der Waals surface area contributed by atoms with E-state index < -0.39 is 5.91 Å². The first-order chi connectivity index (χ1) is 14.0.